The Bertz CT molecular complexity index is 1690. The van der Waals surface area contributed by atoms with Crippen molar-refractivity contribution < 1.29 is 19.4 Å². The molecule has 2 aromatic carbocycles. The molecule has 1 aliphatic rings. The van der Waals surface area contributed by atoms with Gasteiger partial charge in [-0.3, -0.25) is 18.9 Å². The normalized spacial score (nSPS) is 14.9. The van der Waals surface area contributed by atoms with Crippen LogP contribution < -0.4 is 15.0 Å². The van der Waals surface area contributed by atoms with Gasteiger partial charge in [-0.2, -0.15) is 0 Å². The molecule has 184 valence electrons. The Morgan fingerprint density at radius 3 is 2.50 bits per heavy atom. The maximum absolute atomic E-state index is 13.9. The van der Waals surface area contributed by atoms with E-state index in [1.165, 1.54) is 14.2 Å². The molecule has 0 atom stereocenters. The third-order valence-corrected chi connectivity index (χ3v) is 7.16. The van der Waals surface area contributed by atoms with Crippen LogP contribution in [0.5, 0.6) is 11.5 Å². The van der Waals surface area contributed by atoms with Crippen molar-refractivity contribution in [3.63, 3.8) is 0 Å². The lowest BCUT2D eigenvalue weighted by Gasteiger charge is -2.34. The van der Waals surface area contributed by atoms with Crippen LogP contribution in [0.15, 0.2) is 47.3 Å². The number of aromatic nitrogens is 2. The molecule has 1 saturated heterocycles. The zero-order valence-corrected chi connectivity index (χ0v) is 20.2. The number of pyridine rings is 2. The van der Waals surface area contributed by atoms with Gasteiger partial charge < -0.3 is 19.5 Å². The molecule has 1 N–H and O–H groups in total. The first-order valence-corrected chi connectivity index (χ1v) is 11.9. The zero-order chi connectivity index (χ0) is 25.0. The predicted octanol–water partition coefficient (Wildman–Crippen LogP) is 2.36. The SMILES string of the molecule is COc1ccc2c(c1OC)c(=O)n1c3ccccc3c3cc(C(=O)N4CCN(CCO)CC4)nc2c31. The minimum absolute atomic E-state index is 0.103. The van der Waals surface area contributed by atoms with E-state index >= 15 is 0 Å². The van der Waals surface area contributed by atoms with Crippen molar-refractivity contribution in [2.75, 3.05) is 53.6 Å². The molecule has 0 radical (unpaired) electrons. The number of benzene rings is 2. The first-order chi connectivity index (χ1) is 17.6. The maximum Gasteiger partial charge on any atom is 0.272 e. The van der Waals surface area contributed by atoms with Gasteiger partial charge in [0.15, 0.2) is 11.5 Å². The summed E-state index contributed by atoms with van der Waals surface area (Å²) >= 11 is 0. The summed E-state index contributed by atoms with van der Waals surface area (Å²) in [4.78, 5) is 36.3. The number of fused-ring (bicyclic) bond motifs is 5. The first kappa shape index (κ1) is 22.5. The van der Waals surface area contributed by atoms with Gasteiger partial charge in [-0.15, -0.1) is 0 Å². The average molecular weight is 487 g/mol. The highest BCUT2D eigenvalue weighted by molar-refractivity contribution is 6.21. The second-order valence-electron chi connectivity index (χ2n) is 8.99. The van der Waals surface area contributed by atoms with Crippen LogP contribution >= 0.6 is 0 Å². The summed E-state index contributed by atoms with van der Waals surface area (Å²) in [5.74, 6) is 0.649. The van der Waals surface area contributed by atoms with Gasteiger partial charge in [0.1, 0.15) is 5.69 Å². The lowest BCUT2D eigenvalue weighted by atomic mass is 10.1. The molecule has 9 nitrogen and oxygen atoms in total. The van der Waals surface area contributed by atoms with Gasteiger partial charge in [0, 0.05) is 48.9 Å². The van der Waals surface area contributed by atoms with Crippen molar-refractivity contribution in [1.29, 1.82) is 0 Å². The number of carbonyl (C=O) groups excluding carboxylic acids is 1. The third kappa shape index (κ3) is 3.20. The Hall–Kier alpha value is -3.95. The van der Waals surface area contributed by atoms with Crippen LogP contribution in [0.2, 0.25) is 0 Å². The number of methoxy groups -OCH3 is 2. The molecule has 1 amide bonds. The molecule has 5 aromatic rings. The van der Waals surface area contributed by atoms with Gasteiger partial charge in [-0.1, -0.05) is 18.2 Å². The van der Waals surface area contributed by atoms with Crippen molar-refractivity contribution in [2.24, 2.45) is 0 Å². The maximum atomic E-state index is 13.9. The number of ether oxygens (including phenoxy) is 2. The molecular weight excluding hydrogens is 460 g/mol. The number of hydrogen-bond acceptors (Lipinski definition) is 7. The molecule has 4 heterocycles. The molecule has 36 heavy (non-hydrogen) atoms. The quantitative estimate of drug-likeness (QED) is 0.381. The van der Waals surface area contributed by atoms with Gasteiger partial charge in [0.05, 0.1) is 42.8 Å². The first-order valence-electron chi connectivity index (χ1n) is 11.9. The molecule has 9 heteroatoms. The number of piperazine rings is 1. The fraction of sp³-hybridized carbons (Fsp3) is 0.296. The Morgan fingerprint density at radius 2 is 1.78 bits per heavy atom. The minimum Gasteiger partial charge on any atom is -0.493 e. The molecule has 0 bridgehead atoms. The summed E-state index contributed by atoms with van der Waals surface area (Å²) in [5, 5.41) is 11.9. The van der Waals surface area contributed by atoms with Crippen molar-refractivity contribution in [3.05, 3.63) is 58.5 Å². The minimum atomic E-state index is -0.222. The van der Waals surface area contributed by atoms with Crippen LogP contribution in [0, 0.1) is 0 Å². The van der Waals surface area contributed by atoms with Crippen LogP contribution in [-0.2, 0) is 0 Å². The van der Waals surface area contributed by atoms with Crippen molar-refractivity contribution >= 4 is 44.0 Å². The summed E-state index contributed by atoms with van der Waals surface area (Å²) in [6, 6.07) is 13.0. The molecule has 3 aromatic heterocycles. The predicted molar refractivity (Wildman–Crippen MR) is 138 cm³/mol. The lowest BCUT2D eigenvalue weighted by Crippen LogP contribution is -2.49. The van der Waals surface area contributed by atoms with Crippen LogP contribution in [0.1, 0.15) is 10.5 Å². The molecule has 1 fully saturated rings. The van der Waals surface area contributed by atoms with Gasteiger partial charge in [0.2, 0.25) is 0 Å². The van der Waals surface area contributed by atoms with E-state index in [0.29, 0.717) is 71.7 Å². The Kier molecular flexibility index (Phi) is 5.39. The number of rotatable bonds is 5. The number of aliphatic hydroxyl groups is 1. The average Bonchev–Trinajstić information content (AvgIpc) is 3.26. The van der Waals surface area contributed by atoms with E-state index in [-0.39, 0.29) is 18.1 Å². The number of para-hydroxylation sites is 1. The second-order valence-corrected chi connectivity index (χ2v) is 8.99. The van der Waals surface area contributed by atoms with Crippen molar-refractivity contribution in [2.45, 2.75) is 0 Å². The Morgan fingerprint density at radius 1 is 1.00 bits per heavy atom. The van der Waals surface area contributed by atoms with Crippen molar-refractivity contribution in [3.8, 4) is 11.5 Å². The number of hydrogen-bond donors (Lipinski definition) is 1. The topological polar surface area (TPSA) is 96.6 Å². The fourth-order valence-corrected chi connectivity index (χ4v) is 5.42. The number of amides is 1. The van der Waals surface area contributed by atoms with E-state index < -0.39 is 0 Å². The summed E-state index contributed by atoms with van der Waals surface area (Å²) < 4.78 is 12.7. The third-order valence-electron chi connectivity index (χ3n) is 7.16. The van der Waals surface area contributed by atoms with E-state index in [0.717, 1.165) is 16.3 Å². The summed E-state index contributed by atoms with van der Waals surface area (Å²) in [6.07, 6.45) is 0. The summed E-state index contributed by atoms with van der Waals surface area (Å²) in [6.45, 7) is 3.24. The summed E-state index contributed by atoms with van der Waals surface area (Å²) in [5.41, 5.74) is 2.12. The van der Waals surface area contributed by atoms with Crippen LogP contribution in [0.3, 0.4) is 0 Å². The molecular formula is C27H26N4O5. The molecule has 1 aliphatic heterocycles. The molecule has 0 aliphatic carbocycles. The standard InChI is InChI=1S/C27H26N4O5/c1-35-21-8-7-17-22(25(21)36-2)27(34)31-20-6-4-3-5-16(20)18-15-19(28-23(17)24(18)31)26(33)30-11-9-29(10-12-30)13-14-32/h3-8,15,32H,9-14H2,1-2H3. The lowest BCUT2D eigenvalue weighted by molar-refractivity contribution is 0.0610. The fourth-order valence-electron chi connectivity index (χ4n) is 5.42. The van der Waals surface area contributed by atoms with E-state index in [1.54, 1.807) is 27.5 Å². The van der Waals surface area contributed by atoms with E-state index in [4.69, 9.17) is 14.5 Å². The van der Waals surface area contributed by atoms with Gasteiger partial charge in [-0.25, -0.2) is 4.98 Å². The monoisotopic (exact) mass is 486 g/mol. The van der Waals surface area contributed by atoms with Gasteiger partial charge in [0.25, 0.3) is 11.5 Å². The molecule has 6 rings (SSSR count). The smallest absolute Gasteiger partial charge is 0.272 e. The van der Waals surface area contributed by atoms with Gasteiger partial charge >= 0.3 is 0 Å². The zero-order valence-electron chi connectivity index (χ0n) is 20.2. The Labute approximate surface area is 206 Å². The highest BCUT2D eigenvalue weighted by Crippen LogP contribution is 2.39. The number of β-amino-alcohol motifs (C(OH)–C–C–N with tert-alkyl or cyclic N) is 1. The summed E-state index contributed by atoms with van der Waals surface area (Å²) in [7, 11) is 3.04. The van der Waals surface area contributed by atoms with Crippen LogP contribution in [-0.4, -0.2) is 83.7 Å². The Balaban J connectivity index is 1.63. The molecule has 0 unspecified atom stereocenters. The van der Waals surface area contributed by atoms with E-state index in [9.17, 15) is 14.7 Å². The molecule has 0 spiro atoms. The van der Waals surface area contributed by atoms with Crippen molar-refractivity contribution in [1.82, 2.24) is 19.2 Å². The highest BCUT2D eigenvalue weighted by Gasteiger charge is 2.27. The number of carbonyl (C=O) groups is 1. The van der Waals surface area contributed by atoms with Crippen LogP contribution in [0.4, 0.5) is 0 Å². The van der Waals surface area contributed by atoms with Gasteiger partial charge in [-0.05, 0) is 24.3 Å². The number of aliphatic hydroxyl groups excluding tert-OH is 1. The van der Waals surface area contributed by atoms with E-state index in [2.05, 4.69) is 4.90 Å². The van der Waals surface area contributed by atoms with E-state index in [1.807, 2.05) is 24.3 Å². The van der Waals surface area contributed by atoms with Crippen LogP contribution in [0.25, 0.3) is 38.1 Å². The number of nitrogens with zero attached hydrogens (tertiary/aromatic N) is 4. The largest absolute Gasteiger partial charge is 0.493 e. The highest BCUT2D eigenvalue weighted by atomic mass is 16.5. The second kappa shape index (κ2) is 8.61. The molecule has 0 saturated carbocycles.